The Morgan fingerprint density at radius 2 is 2.12 bits per heavy atom. The van der Waals surface area contributed by atoms with Crippen molar-refractivity contribution in [2.24, 2.45) is 0 Å². The zero-order valence-corrected chi connectivity index (χ0v) is 14.8. The molecular formula is C17H19N5O2S. The Hall–Kier alpha value is -2.61. The third-order valence-corrected chi connectivity index (χ3v) is 4.72. The average molecular weight is 357 g/mol. The number of aromatic nitrogens is 4. The molecule has 0 spiro atoms. The minimum Gasteiger partial charge on any atom is -0.356 e. The minimum absolute atomic E-state index is 0.0380. The van der Waals surface area contributed by atoms with Crippen LogP contribution in [0.25, 0.3) is 11.4 Å². The van der Waals surface area contributed by atoms with E-state index in [0.717, 1.165) is 17.7 Å². The summed E-state index contributed by atoms with van der Waals surface area (Å²) in [4.78, 5) is 25.6. The Morgan fingerprint density at radius 1 is 1.28 bits per heavy atom. The number of amides is 1. The molecule has 8 heteroatoms. The van der Waals surface area contributed by atoms with Crippen LogP contribution in [-0.4, -0.2) is 32.6 Å². The van der Waals surface area contributed by atoms with Gasteiger partial charge in [-0.25, -0.2) is 4.98 Å². The van der Waals surface area contributed by atoms with Crippen molar-refractivity contribution < 1.29 is 9.32 Å². The number of aryl methyl sites for hydroxylation is 2. The number of thiazole rings is 1. The molecule has 0 aliphatic heterocycles. The molecule has 0 atom stereocenters. The van der Waals surface area contributed by atoms with Gasteiger partial charge in [-0.2, -0.15) is 4.98 Å². The molecule has 0 radical (unpaired) electrons. The number of rotatable bonds is 8. The molecular weight excluding hydrogens is 338 g/mol. The molecule has 1 N–H and O–H groups in total. The molecule has 0 aliphatic rings. The molecule has 130 valence electrons. The van der Waals surface area contributed by atoms with E-state index in [1.165, 1.54) is 4.88 Å². The van der Waals surface area contributed by atoms with Crippen LogP contribution in [0.3, 0.4) is 0 Å². The van der Waals surface area contributed by atoms with E-state index in [0.29, 0.717) is 37.5 Å². The lowest BCUT2D eigenvalue weighted by Crippen LogP contribution is -2.25. The number of hydrogen-bond acceptors (Lipinski definition) is 7. The van der Waals surface area contributed by atoms with Gasteiger partial charge in [0.15, 0.2) is 0 Å². The van der Waals surface area contributed by atoms with Crippen LogP contribution >= 0.6 is 11.3 Å². The monoisotopic (exact) mass is 357 g/mol. The topological polar surface area (TPSA) is 93.8 Å². The Bertz CT molecular complexity index is 815. The first kappa shape index (κ1) is 17.2. The molecule has 0 aliphatic carbocycles. The fraction of sp³-hybridized carbons (Fsp3) is 0.353. The highest BCUT2D eigenvalue weighted by atomic mass is 32.1. The number of hydrogen-bond donors (Lipinski definition) is 1. The Labute approximate surface area is 149 Å². The molecule has 25 heavy (non-hydrogen) atoms. The number of nitrogens with zero attached hydrogens (tertiary/aromatic N) is 4. The Kier molecular flexibility index (Phi) is 5.84. The van der Waals surface area contributed by atoms with E-state index >= 15 is 0 Å². The van der Waals surface area contributed by atoms with E-state index < -0.39 is 0 Å². The highest BCUT2D eigenvalue weighted by molar-refractivity contribution is 7.09. The van der Waals surface area contributed by atoms with Crippen LogP contribution in [0.5, 0.6) is 0 Å². The number of carbonyl (C=O) groups excluding carboxylic acids is 1. The maximum absolute atomic E-state index is 11.9. The van der Waals surface area contributed by atoms with Gasteiger partial charge in [0.25, 0.3) is 0 Å². The molecule has 3 aromatic heterocycles. The highest BCUT2D eigenvalue weighted by Gasteiger charge is 2.09. The summed E-state index contributed by atoms with van der Waals surface area (Å²) in [6, 6.07) is 3.65. The Balaban J connectivity index is 1.37. The van der Waals surface area contributed by atoms with Gasteiger partial charge in [0.1, 0.15) is 0 Å². The van der Waals surface area contributed by atoms with Crippen LogP contribution in [0.4, 0.5) is 0 Å². The molecule has 1 amide bonds. The largest absolute Gasteiger partial charge is 0.356 e. The Morgan fingerprint density at radius 3 is 2.88 bits per heavy atom. The molecule has 0 bridgehead atoms. The third kappa shape index (κ3) is 4.93. The number of pyridine rings is 1. The molecule has 7 nitrogen and oxygen atoms in total. The molecule has 0 saturated heterocycles. The van der Waals surface area contributed by atoms with E-state index in [4.69, 9.17) is 4.52 Å². The number of carbonyl (C=O) groups is 1. The summed E-state index contributed by atoms with van der Waals surface area (Å²) in [5, 5.41) is 6.88. The van der Waals surface area contributed by atoms with Crippen molar-refractivity contribution in [1.82, 2.24) is 25.4 Å². The van der Waals surface area contributed by atoms with Gasteiger partial charge in [-0.1, -0.05) is 5.16 Å². The lowest BCUT2D eigenvalue weighted by atomic mass is 10.2. The summed E-state index contributed by atoms with van der Waals surface area (Å²) in [7, 11) is 0. The predicted octanol–water partition coefficient (Wildman–Crippen LogP) is 2.58. The van der Waals surface area contributed by atoms with Crippen molar-refractivity contribution in [3.05, 3.63) is 46.5 Å². The summed E-state index contributed by atoms with van der Waals surface area (Å²) in [5.41, 5.74) is 3.73. The second-order valence-electron chi connectivity index (χ2n) is 5.56. The molecule has 0 unspecified atom stereocenters. The average Bonchev–Trinajstić information content (AvgIpc) is 3.25. The van der Waals surface area contributed by atoms with Crippen LogP contribution in [0, 0.1) is 6.92 Å². The van der Waals surface area contributed by atoms with Crippen LogP contribution < -0.4 is 5.32 Å². The molecule has 3 rings (SSSR count). The number of nitrogens with one attached hydrogen (secondary N) is 1. The smallest absolute Gasteiger partial charge is 0.226 e. The minimum atomic E-state index is 0.0380. The van der Waals surface area contributed by atoms with Gasteiger partial charge < -0.3 is 9.84 Å². The van der Waals surface area contributed by atoms with Crippen molar-refractivity contribution in [3.8, 4) is 11.4 Å². The molecule has 3 aromatic rings. The summed E-state index contributed by atoms with van der Waals surface area (Å²) in [6.45, 7) is 2.62. The highest BCUT2D eigenvalue weighted by Crippen LogP contribution is 2.15. The quantitative estimate of drug-likeness (QED) is 0.666. The second-order valence-corrected chi connectivity index (χ2v) is 6.50. The van der Waals surface area contributed by atoms with Gasteiger partial charge in [-0.3, -0.25) is 9.78 Å². The van der Waals surface area contributed by atoms with Crippen molar-refractivity contribution >= 4 is 17.2 Å². The third-order valence-electron chi connectivity index (χ3n) is 3.72. The first-order valence-corrected chi connectivity index (χ1v) is 8.99. The van der Waals surface area contributed by atoms with E-state index in [1.54, 1.807) is 23.7 Å². The summed E-state index contributed by atoms with van der Waals surface area (Å²) in [5.74, 6) is 1.12. The first-order valence-electron chi connectivity index (χ1n) is 8.11. The van der Waals surface area contributed by atoms with Gasteiger partial charge in [0.05, 0.1) is 11.2 Å². The van der Waals surface area contributed by atoms with Gasteiger partial charge in [-0.15, -0.1) is 11.3 Å². The van der Waals surface area contributed by atoms with Crippen LogP contribution in [0.1, 0.15) is 29.3 Å². The fourth-order valence-corrected chi connectivity index (χ4v) is 3.13. The van der Waals surface area contributed by atoms with E-state index in [9.17, 15) is 4.79 Å². The lowest BCUT2D eigenvalue weighted by Gasteiger charge is -2.03. The normalized spacial score (nSPS) is 10.8. The zero-order chi connectivity index (χ0) is 17.5. The van der Waals surface area contributed by atoms with Crippen molar-refractivity contribution in [2.45, 2.75) is 32.6 Å². The van der Waals surface area contributed by atoms with Crippen LogP contribution in [0.15, 0.2) is 34.6 Å². The van der Waals surface area contributed by atoms with Crippen molar-refractivity contribution in [3.63, 3.8) is 0 Å². The molecule has 3 heterocycles. The summed E-state index contributed by atoms with van der Waals surface area (Å²) < 4.78 is 5.23. The molecule has 0 saturated carbocycles. The predicted molar refractivity (Wildman–Crippen MR) is 94.0 cm³/mol. The van der Waals surface area contributed by atoms with Crippen molar-refractivity contribution in [1.29, 1.82) is 0 Å². The van der Waals surface area contributed by atoms with Gasteiger partial charge >= 0.3 is 0 Å². The zero-order valence-electron chi connectivity index (χ0n) is 13.9. The maximum atomic E-state index is 11.9. The SMILES string of the molecule is Cc1ncsc1CCNC(=O)CCCc1nc(-c2ccncc2)no1. The second kappa shape index (κ2) is 8.48. The van der Waals surface area contributed by atoms with Crippen LogP contribution in [0.2, 0.25) is 0 Å². The lowest BCUT2D eigenvalue weighted by molar-refractivity contribution is -0.121. The molecule has 0 fully saturated rings. The summed E-state index contributed by atoms with van der Waals surface area (Å²) >= 11 is 1.62. The molecule has 0 aromatic carbocycles. The van der Waals surface area contributed by atoms with Crippen LogP contribution in [-0.2, 0) is 17.6 Å². The maximum Gasteiger partial charge on any atom is 0.226 e. The first-order chi connectivity index (χ1) is 12.2. The van der Waals surface area contributed by atoms with E-state index in [1.807, 2.05) is 24.6 Å². The summed E-state index contributed by atoms with van der Waals surface area (Å²) in [6.07, 6.45) is 5.88. The van der Waals surface area contributed by atoms with E-state index in [-0.39, 0.29) is 5.91 Å². The fourth-order valence-electron chi connectivity index (χ4n) is 2.34. The van der Waals surface area contributed by atoms with Gasteiger partial charge in [0.2, 0.25) is 17.6 Å². The van der Waals surface area contributed by atoms with Crippen molar-refractivity contribution in [2.75, 3.05) is 6.54 Å². The standard InChI is InChI=1S/C17H19N5O2S/c1-12-14(25-11-20-12)7-10-19-15(23)3-2-4-16-21-17(22-24-16)13-5-8-18-9-6-13/h5-6,8-9,11H,2-4,7,10H2,1H3,(H,19,23). The van der Waals surface area contributed by atoms with E-state index in [2.05, 4.69) is 25.4 Å². The van der Waals surface area contributed by atoms with Gasteiger partial charge in [0, 0.05) is 48.6 Å². The van der Waals surface area contributed by atoms with Gasteiger partial charge in [-0.05, 0) is 25.5 Å².